The van der Waals surface area contributed by atoms with Crippen LogP contribution < -0.4 is 0 Å². The van der Waals surface area contributed by atoms with Crippen LogP contribution in [0.25, 0.3) is 0 Å². The molecule has 2 heterocycles. The van der Waals surface area contributed by atoms with Crippen molar-refractivity contribution in [3.05, 3.63) is 29.6 Å². The van der Waals surface area contributed by atoms with Gasteiger partial charge in [0, 0.05) is 31.2 Å². The van der Waals surface area contributed by atoms with Crippen molar-refractivity contribution in [2.75, 3.05) is 19.6 Å². The molecule has 1 aromatic rings. The molecule has 26 heavy (non-hydrogen) atoms. The zero-order valence-corrected chi connectivity index (χ0v) is 16.1. The Kier molecular flexibility index (Phi) is 5.97. The Balaban J connectivity index is 1.91. The van der Waals surface area contributed by atoms with Crippen LogP contribution in [0.4, 0.5) is 4.39 Å². The van der Waals surface area contributed by atoms with Crippen LogP contribution in [-0.4, -0.2) is 49.2 Å². The van der Waals surface area contributed by atoms with Crippen LogP contribution in [-0.2, 0) is 10.0 Å². The van der Waals surface area contributed by atoms with Gasteiger partial charge in [-0.05, 0) is 56.7 Å². The Hall–Kier alpha value is -1.47. The van der Waals surface area contributed by atoms with E-state index in [-0.39, 0.29) is 22.4 Å². The molecule has 1 atom stereocenters. The number of nitrogens with zero attached hydrogens (tertiary/aromatic N) is 2. The molecule has 1 aromatic carbocycles. The zero-order chi connectivity index (χ0) is 18.7. The third kappa shape index (κ3) is 3.78. The number of hydrogen-bond donors (Lipinski definition) is 0. The van der Waals surface area contributed by atoms with E-state index in [0.29, 0.717) is 19.6 Å². The summed E-state index contributed by atoms with van der Waals surface area (Å²) in [7, 11) is -3.91. The highest BCUT2D eigenvalue weighted by Crippen LogP contribution is 2.26. The molecule has 2 aliphatic heterocycles. The summed E-state index contributed by atoms with van der Waals surface area (Å²) in [4.78, 5) is 14.4. The number of benzene rings is 1. The molecule has 1 unspecified atom stereocenters. The van der Waals surface area contributed by atoms with Gasteiger partial charge in [0.15, 0.2) is 0 Å². The number of sulfonamides is 1. The van der Waals surface area contributed by atoms with Gasteiger partial charge >= 0.3 is 0 Å². The number of carbonyl (C=O) groups is 1. The second-order valence-electron chi connectivity index (χ2n) is 7.17. The van der Waals surface area contributed by atoms with Crippen molar-refractivity contribution < 1.29 is 17.6 Å². The number of hydrogen-bond acceptors (Lipinski definition) is 3. The van der Waals surface area contributed by atoms with Gasteiger partial charge in [-0.3, -0.25) is 4.79 Å². The zero-order valence-electron chi connectivity index (χ0n) is 15.3. The maximum atomic E-state index is 14.3. The SMILES string of the molecule is CCC1CCCCN1C(=O)c1ccc(F)c(S(=O)(=O)N2CCCCC2)c1. The van der Waals surface area contributed by atoms with Crippen molar-refractivity contribution in [3.63, 3.8) is 0 Å². The number of halogens is 1. The molecule has 5 nitrogen and oxygen atoms in total. The molecular weight excluding hydrogens is 355 g/mol. The van der Waals surface area contributed by atoms with E-state index in [4.69, 9.17) is 0 Å². The van der Waals surface area contributed by atoms with Crippen LogP contribution in [0.3, 0.4) is 0 Å². The first-order valence-electron chi connectivity index (χ1n) is 9.56. The van der Waals surface area contributed by atoms with Crippen molar-refractivity contribution in [2.45, 2.75) is 62.8 Å². The van der Waals surface area contributed by atoms with E-state index in [2.05, 4.69) is 0 Å². The molecule has 0 aliphatic carbocycles. The average Bonchev–Trinajstić information content (AvgIpc) is 2.68. The number of likely N-dealkylation sites (tertiary alicyclic amines) is 1. The van der Waals surface area contributed by atoms with E-state index < -0.39 is 15.8 Å². The molecule has 0 radical (unpaired) electrons. The summed E-state index contributed by atoms with van der Waals surface area (Å²) < 4.78 is 41.4. The van der Waals surface area contributed by atoms with E-state index in [0.717, 1.165) is 51.0 Å². The monoisotopic (exact) mass is 382 g/mol. The summed E-state index contributed by atoms with van der Waals surface area (Å²) in [5, 5.41) is 0. The van der Waals surface area contributed by atoms with Crippen molar-refractivity contribution in [1.29, 1.82) is 0 Å². The van der Waals surface area contributed by atoms with Gasteiger partial charge in [-0.2, -0.15) is 4.31 Å². The maximum Gasteiger partial charge on any atom is 0.254 e. The first-order chi connectivity index (χ1) is 12.4. The van der Waals surface area contributed by atoms with Crippen molar-refractivity contribution in [2.24, 2.45) is 0 Å². The maximum absolute atomic E-state index is 14.3. The quantitative estimate of drug-likeness (QED) is 0.802. The summed E-state index contributed by atoms with van der Waals surface area (Å²) in [6.45, 7) is 3.53. The predicted molar refractivity (Wildman–Crippen MR) is 98.0 cm³/mol. The lowest BCUT2D eigenvalue weighted by atomic mass is 9.99. The topological polar surface area (TPSA) is 57.7 Å². The van der Waals surface area contributed by atoms with Crippen molar-refractivity contribution >= 4 is 15.9 Å². The van der Waals surface area contributed by atoms with Crippen LogP contribution in [0.15, 0.2) is 23.1 Å². The smallest absolute Gasteiger partial charge is 0.254 e. The summed E-state index contributed by atoms with van der Waals surface area (Å²) in [5.74, 6) is -0.996. The number of rotatable bonds is 4. The third-order valence-electron chi connectivity index (χ3n) is 5.47. The van der Waals surface area contributed by atoms with E-state index in [1.165, 1.54) is 16.4 Å². The van der Waals surface area contributed by atoms with E-state index >= 15 is 0 Å². The molecule has 3 rings (SSSR count). The van der Waals surface area contributed by atoms with Crippen molar-refractivity contribution in [3.8, 4) is 0 Å². The second-order valence-corrected chi connectivity index (χ2v) is 9.07. The van der Waals surface area contributed by atoms with Crippen LogP contribution >= 0.6 is 0 Å². The highest BCUT2D eigenvalue weighted by molar-refractivity contribution is 7.89. The highest BCUT2D eigenvalue weighted by Gasteiger charge is 2.31. The molecule has 2 aliphatic rings. The lowest BCUT2D eigenvalue weighted by Crippen LogP contribution is -2.43. The highest BCUT2D eigenvalue weighted by atomic mass is 32.2. The molecule has 1 amide bonds. The average molecular weight is 383 g/mol. The van der Waals surface area contributed by atoms with E-state index in [1.54, 1.807) is 0 Å². The van der Waals surface area contributed by atoms with Gasteiger partial charge in [-0.15, -0.1) is 0 Å². The minimum atomic E-state index is -3.91. The van der Waals surface area contributed by atoms with E-state index in [9.17, 15) is 17.6 Å². The number of piperidine rings is 2. The normalized spacial score (nSPS) is 22.4. The van der Waals surface area contributed by atoms with Crippen LogP contribution in [0.1, 0.15) is 62.2 Å². The lowest BCUT2D eigenvalue weighted by molar-refractivity contribution is 0.0607. The van der Waals surface area contributed by atoms with Gasteiger partial charge < -0.3 is 4.90 Å². The molecule has 0 bridgehead atoms. The van der Waals surface area contributed by atoms with Crippen LogP contribution in [0, 0.1) is 5.82 Å². The fourth-order valence-electron chi connectivity index (χ4n) is 3.94. The Labute approximate surface area is 155 Å². The Morgan fingerprint density at radius 3 is 2.50 bits per heavy atom. The van der Waals surface area contributed by atoms with Crippen LogP contribution in [0.2, 0.25) is 0 Å². The fourth-order valence-corrected chi connectivity index (χ4v) is 5.54. The Morgan fingerprint density at radius 1 is 1.12 bits per heavy atom. The fraction of sp³-hybridized carbons (Fsp3) is 0.632. The molecule has 0 aromatic heterocycles. The predicted octanol–water partition coefficient (Wildman–Crippen LogP) is 3.41. The first-order valence-corrected chi connectivity index (χ1v) is 11.0. The molecule has 7 heteroatoms. The largest absolute Gasteiger partial charge is 0.336 e. The van der Waals surface area contributed by atoms with Gasteiger partial charge in [0.1, 0.15) is 10.7 Å². The summed E-state index contributed by atoms with van der Waals surface area (Å²) >= 11 is 0. The molecule has 144 valence electrons. The third-order valence-corrected chi connectivity index (χ3v) is 7.38. The van der Waals surface area contributed by atoms with Gasteiger partial charge in [-0.25, -0.2) is 12.8 Å². The molecule has 0 N–H and O–H groups in total. The minimum Gasteiger partial charge on any atom is -0.336 e. The molecule has 2 saturated heterocycles. The van der Waals surface area contributed by atoms with Crippen molar-refractivity contribution in [1.82, 2.24) is 9.21 Å². The molecular formula is C19H27FN2O3S. The summed E-state index contributed by atoms with van der Waals surface area (Å²) in [5.41, 5.74) is 0.252. The lowest BCUT2D eigenvalue weighted by Gasteiger charge is -2.35. The van der Waals surface area contributed by atoms with Gasteiger partial charge in [-0.1, -0.05) is 13.3 Å². The number of carbonyl (C=O) groups excluding carboxylic acids is 1. The molecule has 0 saturated carbocycles. The summed E-state index contributed by atoms with van der Waals surface area (Å²) in [6, 6.07) is 3.90. The second kappa shape index (κ2) is 8.05. The summed E-state index contributed by atoms with van der Waals surface area (Å²) in [6.07, 6.45) is 6.42. The molecule has 2 fully saturated rings. The molecule has 0 spiro atoms. The van der Waals surface area contributed by atoms with Gasteiger partial charge in [0.2, 0.25) is 10.0 Å². The first kappa shape index (κ1) is 19.3. The van der Waals surface area contributed by atoms with Crippen LogP contribution in [0.5, 0.6) is 0 Å². The van der Waals surface area contributed by atoms with Gasteiger partial charge in [0.05, 0.1) is 0 Å². The standard InChI is InChI=1S/C19H27FN2O3S/c1-2-16-8-4-7-13-22(16)19(23)15-9-10-17(20)18(14-15)26(24,25)21-11-5-3-6-12-21/h9-10,14,16H,2-8,11-13H2,1H3. The minimum absolute atomic E-state index is 0.170. The van der Waals surface area contributed by atoms with Gasteiger partial charge in [0.25, 0.3) is 5.91 Å². The number of amides is 1. The Bertz CT molecular complexity index is 760. The van der Waals surface area contributed by atoms with E-state index in [1.807, 2.05) is 11.8 Å². The Morgan fingerprint density at radius 2 is 1.81 bits per heavy atom.